The highest BCUT2D eigenvalue weighted by Crippen LogP contribution is 2.46. The number of esters is 1. The van der Waals surface area contributed by atoms with E-state index < -0.39 is 12.1 Å². The maximum absolute atomic E-state index is 11.7. The van der Waals surface area contributed by atoms with E-state index in [9.17, 15) is 9.90 Å². The van der Waals surface area contributed by atoms with Crippen LogP contribution in [0.25, 0.3) is 5.57 Å². The van der Waals surface area contributed by atoms with E-state index in [1.54, 1.807) is 19.1 Å². The second kappa shape index (κ2) is 3.74. The molecule has 0 amide bonds. The first-order valence-corrected chi connectivity index (χ1v) is 5.54. The van der Waals surface area contributed by atoms with Gasteiger partial charge in [0.2, 0.25) is 6.79 Å². The zero-order valence-electron chi connectivity index (χ0n) is 10.0. The topological polar surface area (TPSA) is 65.0 Å². The van der Waals surface area contributed by atoms with Crippen LogP contribution in [0.5, 0.6) is 11.5 Å². The first-order valence-electron chi connectivity index (χ1n) is 5.54. The molecule has 0 saturated heterocycles. The lowest BCUT2D eigenvalue weighted by Gasteiger charge is -2.08. The van der Waals surface area contributed by atoms with E-state index in [0.717, 1.165) is 5.56 Å². The van der Waals surface area contributed by atoms with Gasteiger partial charge in [-0.2, -0.15) is 0 Å². The molecule has 1 aromatic rings. The van der Waals surface area contributed by atoms with E-state index in [-0.39, 0.29) is 12.4 Å². The number of carbonyl (C=O) groups excluding carboxylic acids is 1. The number of rotatable bonds is 1. The first-order chi connectivity index (χ1) is 8.63. The fraction of sp³-hybridized carbons (Fsp3) is 0.308. The molecule has 5 heteroatoms. The van der Waals surface area contributed by atoms with Crippen LogP contribution >= 0.6 is 0 Å². The number of carbonyl (C=O) groups is 1. The predicted octanol–water partition coefficient (Wildman–Crippen LogP) is 1.41. The summed E-state index contributed by atoms with van der Waals surface area (Å²) in [6, 6.07) is 3.49. The average Bonchev–Trinajstić information content (AvgIpc) is 2.91. The summed E-state index contributed by atoms with van der Waals surface area (Å²) in [7, 11) is 1.30. The Morgan fingerprint density at radius 3 is 2.72 bits per heavy atom. The lowest BCUT2D eigenvalue weighted by atomic mass is 10.0. The molecule has 1 aliphatic carbocycles. The number of hydrogen-bond donors (Lipinski definition) is 1. The number of fused-ring (bicyclic) bond motifs is 2. The molecule has 1 aromatic carbocycles. The van der Waals surface area contributed by atoms with E-state index in [4.69, 9.17) is 9.47 Å². The number of methoxy groups -OCH3 is 1. The maximum atomic E-state index is 11.7. The third-order valence-corrected chi connectivity index (χ3v) is 3.33. The highest BCUT2D eigenvalue weighted by Gasteiger charge is 2.34. The van der Waals surface area contributed by atoms with Crippen LogP contribution in [-0.2, 0) is 9.53 Å². The SMILES string of the molecule is COC(=O)C1=C(C)c2cc3c(cc2C1O)OCO3. The zero-order chi connectivity index (χ0) is 12.9. The summed E-state index contributed by atoms with van der Waals surface area (Å²) >= 11 is 0. The molecule has 1 atom stereocenters. The van der Waals surface area contributed by atoms with Crippen molar-refractivity contribution >= 4 is 11.5 Å². The minimum Gasteiger partial charge on any atom is -0.466 e. The van der Waals surface area contributed by atoms with Crippen LogP contribution < -0.4 is 9.47 Å². The fourth-order valence-electron chi connectivity index (χ4n) is 2.39. The van der Waals surface area contributed by atoms with Gasteiger partial charge in [0.25, 0.3) is 0 Å². The summed E-state index contributed by atoms with van der Waals surface area (Å²) in [6.07, 6.45) is -0.970. The summed E-state index contributed by atoms with van der Waals surface area (Å²) < 4.78 is 15.2. The fourth-order valence-corrected chi connectivity index (χ4v) is 2.39. The lowest BCUT2D eigenvalue weighted by molar-refractivity contribution is -0.137. The molecule has 18 heavy (non-hydrogen) atoms. The van der Waals surface area contributed by atoms with Crippen LogP contribution in [0.4, 0.5) is 0 Å². The van der Waals surface area contributed by atoms with Crippen molar-refractivity contribution in [3.63, 3.8) is 0 Å². The second-order valence-corrected chi connectivity index (χ2v) is 4.23. The molecular formula is C13H12O5. The molecule has 3 rings (SSSR count). The van der Waals surface area contributed by atoms with Crippen LogP contribution in [0.15, 0.2) is 17.7 Å². The minimum absolute atomic E-state index is 0.181. The summed E-state index contributed by atoms with van der Waals surface area (Å²) in [4.78, 5) is 11.7. The first kappa shape index (κ1) is 11.1. The van der Waals surface area contributed by atoms with Crippen molar-refractivity contribution in [2.45, 2.75) is 13.0 Å². The second-order valence-electron chi connectivity index (χ2n) is 4.23. The summed E-state index contributed by atoms with van der Waals surface area (Å²) in [5, 5.41) is 10.2. The van der Waals surface area contributed by atoms with Gasteiger partial charge in [0.1, 0.15) is 6.10 Å². The van der Waals surface area contributed by atoms with Crippen LogP contribution in [0, 0.1) is 0 Å². The van der Waals surface area contributed by atoms with Gasteiger partial charge in [-0.1, -0.05) is 0 Å². The van der Waals surface area contributed by atoms with Gasteiger partial charge in [-0.25, -0.2) is 4.79 Å². The van der Waals surface area contributed by atoms with E-state index in [1.807, 2.05) is 0 Å². The summed E-state index contributed by atoms with van der Waals surface area (Å²) in [6.45, 7) is 1.96. The van der Waals surface area contributed by atoms with Gasteiger partial charge in [-0.15, -0.1) is 0 Å². The monoisotopic (exact) mass is 248 g/mol. The quantitative estimate of drug-likeness (QED) is 0.761. The third kappa shape index (κ3) is 1.34. The third-order valence-electron chi connectivity index (χ3n) is 3.33. The molecule has 0 saturated carbocycles. The van der Waals surface area contributed by atoms with Gasteiger partial charge in [-0.05, 0) is 35.8 Å². The van der Waals surface area contributed by atoms with Crippen LogP contribution in [-0.4, -0.2) is 25.0 Å². The lowest BCUT2D eigenvalue weighted by Crippen LogP contribution is -2.10. The van der Waals surface area contributed by atoms with Crippen LogP contribution in [0.3, 0.4) is 0 Å². The number of ether oxygens (including phenoxy) is 3. The number of allylic oxidation sites excluding steroid dienone is 1. The number of aliphatic hydroxyl groups is 1. The molecule has 0 aromatic heterocycles. The number of hydrogen-bond acceptors (Lipinski definition) is 5. The van der Waals surface area contributed by atoms with Crippen molar-refractivity contribution in [1.82, 2.24) is 0 Å². The van der Waals surface area contributed by atoms with Gasteiger partial charge in [0, 0.05) is 0 Å². The average molecular weight is 248 g/mol. The Kier molecular flexibility index (Phi) is 2.31. The Morgan fingerprint density at radius 2 is 2.06 bits per heavy atom. The van der Waals surface area contributed by atoms with Crippen molar-refractivity contribution in [2.24, 2.45) is 0 Å². The van der Waals surface area contributed by atoms with E-state index in [1.165, 1.54) is 7.11 Å². The van der Waals surface area contributed by atoms with Crippen molar-refractivity contribution < 1.29 is 24.1 Å². The molecule has 1 heterocycles. The molecule has 0 bridgehead atoms. The molecule has 94 valence electrons. The standard InChI is InChI=1S/C13H12O5/c1-6-7-3-9-10(18-5-17-9)4-8(7)12(14)11(6)13(15)16-2/h3-4,12,14H,5H2,1-2H3. The van der Waals surface area contributed by atoms with E-state index >= 15 is 0 Å². The van der Waals surface area contributed by atoms with Gasteiger partial charge in [-0.3, -0.25) is 0 Å². The normalized spacial score (nSPS) is 20.1. The Balaban J connectivity index is 2.14. The van der Waals surface area contributed by atoms with E-state index in [2.05, 4.69) is 4.74 Å². The molecule has 1 aliphatic heterocycles. The molecule has 2 aliphatic rings. The van der Waals surface area contributed by atoms with Crippen molar-refractivity contribution in [3.05, 3.63) is 28.8 Å². The molecular weight excluding hydrogens is 236 g/mol. The molecule has 1 unspecified atom stereocenters. The highest BCUT2D eigenvalue weighted by atomic mass is 16.7. The Bertz CT molecular complexity index is 573. The van der Waals surface area contributed by atoms with Crippen molar-refractivity contribution in [1.29, 1.82) is 0 Å². The van der Waals surface area contributed by atoms with Gasteiger partial charge < -0.3 is 19.3 Å². The smallest absolute Gasteiger partial charge is 0.337 e. The largest absolute Gasteiger partial charge is 0.466 e. The Labute approximate surface area is 104 Å². The van der Waals surface area contributed by atoms with Crippen LogP contribution in [0.2, 0.25) is 0 Å². The zero-order valence-corrected chi connectivity index (χ0v) is 10.0. The molecule has 5 nitrogen and oxygen atoms in total. The molecule has 0 fully saturated rings. The minimum atomic E-state index is -0.970. The van der Waals surface area contributed by atoms with Crippen molar-refractivity contribution in [2.75, 3.05) is 13.9 Å². The molecule has 0 radical (unpaired) electrons. The van der Waals surface area contributed by atoms with Gasteiger partial charge in [0.05, 0.1) is 12.7 Å². The number of aliphatic hydroxyl groups excluding tert-OH is 1. The highest BCUT2D eigenvalue weighted by molar-refractivity contribution is 6.01. The predicted molar refractivity (Wildman–Crippen MR) is 62.1 cm³/mol. The van der Waals surface area contributed by atoms with Gasteiger partial charge >= 0.3 is 5.97 Å². The number of benzene rings is 1. The Hall–Kier alpha value is -2.01. The summed E-state index contributed by atoms with van der Waals surface area (Å²) in [5.74, 6) is 0.705. The molecule has 1 N–H and O–H groups in total. The van der Waals surface area contributed by atoms with Gasteiger partial charge in [0.15, 0.2) is 11.5 Å². The van der Waals surface area contributed by atoms with Crippen LogP contribution in [0.1, 0.15) is 24.2 Å². The van der Waals surface area contributed by atoms with Crippen molar-refractivity contribution in [3.8, 4) is 11.5 Å². The maximum Gasteiger partial charge on any atom is 0.337 e. The summed E-state index contributed by atoms with van der Waals surface area (Å²) in [5.41, 5.74) is 2.43. The van der Waals surface area contributed by atoms with E-state index in [0.29, 0.717) is 22.6 Å². The molecule has 0 spiro atoms. The Morgan fingerprint density at radius 1 is 1.39 bits per heavy atom.